The number of hydrogen-bond donors (Lipinski definition) is 1. The van der Waals surface area contributed by atoms with E-state index in [-0.39, 0.29) is 17.0 Å². The molecule has 174 valence electrons. The largest absolute Gasteiger partial charge is 0.494 e. The molecule has 2 aliphatic rings. The first-order valence-corrected chi connectivity index (χ1v) is 11.4. The summed E-state index contributed by atoms with van der Waals surface area (Å²) in [6.45, 7) is 9.06. The summed E-state index contributed by atoms with van der Waals surface area (Å²) in [6, 6.07) is 11.5. The molecule has 1 atom stereocenters. The van der Waals surface area contributed by atoms with E-state index in [1.54, 1.807) is 4.57 Å². The Morgan fingerprint density at radius 1 is 1.24 bits per heavy atom. The third kappa shape index (κ3) is 4.61. The molecule has 0 spiro atoms. The lowest BCUT2D eigenvalue weighted by Gasteiger charge is -2.29. The van der Waals surface area contributed by atoms with E-state index in [9.17, 15) is 10.1 Å². The van der Waals surface area contributed by atoms with Crippen LogP contribution in [0.5, 0.6) is 11.5 Å². The standard InChI is InChI=1S/C25H30N4O4/c1-3-32-20-8-5-4-7-18(20)22-19(16-26)24(27)33-21-15-17(2)29(25(30)23(21)22)10-6-9-28-11-13-31-14-12-28/h4-5,7-8,15,22H,3,6,9-14,27H2,1-2H3/t22-/m1/s1. The molecule has 8 nitrogen and oxygen atoms in total. The summed E-state index contributed by atoms with van der Waals surface area (Å²) in [6.07, 6.45) is 0.837. The van der Waals surface area contributed by atoms with Gasteiger partial charge in [-0.15, -0.1) is 0 Å². The first-order valence-electron chi connectivity index (χ1n) is 11.4. The van der Waals surface area contributed by atoms with Gasteiger partial charge in [0.2, 0.25) is 5.88 Å². The molecule has 3 heterocycles. The van der Waals surface area contributed by atoms with Crippen molar-refractivity contribution in [3.05, 3.63) is 69.0 Å². The van der Waals surface area contributed by atoms with Crippen LogP contribution < -0.4 is 20.8 Å². The van der Waals surface area contributed by atoms with Crippen molar-refractivity contribution in [2.75, 3.05) is 39.5 Å². The number of allylic oxidation sites excluding steroid dienone is 1. The summed E-state index contributed by atoms with van der Waals surface area (Å²) in [4.78, 5) is 16.1. The minimum atomic E-state index is -0.653. The fourth-order valence-electron chi connectivity index (χ4n) is 4.56. The van der Waals surface area contributed by atoms with E-state index in [0.717, 1.165) is 50.5 Å². The van der Waals surface area contributed by atoms with Crippen LogP contribution in [0.4, 0.5) is 0 Å². The number of fused-ring (bicyclic) bond motifs is 1. The number of nitrogens with two attached hydrogens (primary N) is 1. The molecular weight excluding hydrogens is 420 g/mol. The molecule has 0 saturated carbocycles. The Labute approximate surface area is 193 Å². The highest BCUT2D eigenvalue weighted by atomic mass is 16.5. The number of rotatable bonds is 7. The molecule has 1 aromatic heterocycles. The van der Waals surface area contributed by atoms with Gasteiger partial charge < -0.3 is 24.5 Å². The highest BCUT2D eigenvalue weighted by molar-refractivity contribution is 5.58. The van der Waals surface area contributed by atoms with Crippen LogP contribution in [0.2, 0.25) is 0 Å². The van der Waals surface area contributed by atoms with Crippen LogP contribution >= 0.6 is 0 Å². The average molecular weight is 451 g/mol. The van der Waals surface area contributed by atoms with E-state index in [0.29, 0.717) is 30.2 Å². The zero-order valence-corrected chi connectivity index (χ0v) is 19.2. The number of morpholine rings is 1. The van der Waals surface area contributed by atoms with Crippen molar-refractivity contribution >= 4 is 0 Å². The minimum absolute atomic E-state index is 0.0187. The molecule has 0 amide bonds. The normalized spacial score (nSPS) is 18.4. The van der Waals surface area contributed by atoms with E-state index in [2.05, 4.69) is 11.0 Å². The summed E-state index contributed by atoms with van der Waals surface area (Å²) in [7, 11) is 0. The van der Waals surface area contributed by atoms with E-state index in [4.69, 9.17) is 19.9 Å². The first kappa shape index (κ1) is 22.9. The van der Waals surface area contributed by atoms with Crippen molar-refractivity contribution in [3.63, 3.8) is 0 Å². The Balaban J connectivity index is 1.73. The second-order valence-electron chi connectivity index (χ2n) is 8.22. The van der Waals surface area contributed by atoms with Crippen LogP contribution in [-0.4, -0.2) is 48.9 Å². The molecule has 0 aliphatic carbocycles. The Kier molecular flexibility index (Phi) is 7.02. The highest BCUT2D eigenvalue weighted by Gasteiger charge is 2.35. The van der Waals surface area contributed by atoms with Gasteiger partial charge in [-0.3, -0.25) is 9.69 Å². The van der Waals surface area contributed by atoms with Gasteiger partial charge in [0.15, 0.2) is 0 Å². The van der Waals surface area contributed by atoms with Crippen LogP contribution in [-0.2, 0) is 11.3 Å². The van der Waals surface area contributed by atoms with Crippen molar-refractivity contribution in [2.45, 2.75) is 32.7 Å². The van der Waals surface area contributed by atoms with E-state index >= 15 is 0 Å². The third-order valence-corrected chi connectivity index (χ3v) is 6.18. The van der Waals surface area contributed by atoms with Crippen LogP contribution in [0.3, 0.4) is 0 Å². The lowest BCUT2D eigenvalue weighted by Crippen LogP contribution is -2.38. The summed E-state index contributed by atoms with van der Waals surface area (Å²) < 4.78 is 18.8. The van der Waals surface area contributed by atoms with Gasteiger partial charge in [0.25, 0.3) is 5.56 Å². The van der Waals surface area contributed by atoms with Crippen LogP contribution in [0.1, 0.15) is 36.1 Å². The molecule has 1 fully saturated rings. The predicted octanol–water partition coefficient (Wildman–Crippen LogP) is 2.50. The molecule has 2 aliphatic heterocycles. The summed E-state index contributed by atoms with van der Waals surface area (Å²) in [5.74, 6) is 0.386. The smallest absolute Gasteiger partial charge is 0.258 e. The Hall–Kier alpha value is -3.28. The molecule has 0 bridgehead atoms. The highest BCUT2D eigenvalue weighted by Crippen LogP contribution is 2.43. The Bertz CT molecular complexity index is 1140. The maximum absolute atomic E-state index is 13.8. The molecule has 0 unspecified atom stereocenters. The fraction of sp³-hybridized carbons (Fsp3) is 0.440. The molecular formula is C25H30N4O4. The maximum atomic E-state index is 13.8. The van der Waals surface area contributed by atoms with E-state index < -0.39 is 5.92 Å². The number of aryl methyl sites for hydroxylation is 1. The number of benzene rings is 1. The lowest BCUT2D eigenvalue weighted by molar-refractivity contribution is 0.0369. The van der Waals surface area contributed by atoms with E-state index in [1.165, 1.54) is 0 Å². The molecule has 0 radical (unpaired) electrons. The molecule has 2 N–H and O–H groups in total. The van der Waals surface area contributed by atoms with Gasteiger partial charge >= 0.3 is 0 Å². The molecule has 2 aromatic rings. The SMILES string of the molecule is CCOc1ccccc1[C@@H]1C(C#N)=C(N)Oc2cc(C)n(CCCN3CCOCC3)c(=O)c21. The summed E-state index contributed by atoms with van der Waals surface area (Å²) >= 11 is 0. The van der Waals surface area contributed by atoms with Gasteiger partial charge in [-0.25, -0.2) is 0 Å². The summed E-state index contributed by atoms with van der Waals surface area (Å²) in [5.41, 5.74) is 8.13. The van der Waals surface area contributed by atoms with Crippen molar-refractivity contribution in [1.29, 1.82) is 5.26 Å². The molecule has 1 aromatic carbocycles. The fourth-order valence-corrected chi connectivity index (χ4v) is 4.56. The van der Waals surface area contributed by atoms with Crippen LogP contribution in [0.15, 0.2) is 46.6 Å². The predicted molar refractivity (Wildman–Crippen MR) is 124 cm³/mol. The number of nitriles is 1. The second-order valence-corrected chi connectivity index (χ2v) is 8.22. The van der Waals surface area contributed by atoms with Gasteiger partial charge in [0, 0.05) is 43.5 Å². The monoisotopic (exact) mass is 450 g/mol. The Morgan fingerprint density at radius 3 is 2.73 bits per heavy atom. The number of para-hydroxylation sites is 1. The first-order chi connectivity index (χ1) is 16.0. The van der Waals surface area contributed by atoms with Crippen LogP contribution in [0.25, 0.3) is 0 Å². The lowest BCUT2D eigenvalue weighted by atomic mass is 9.83. The number of pyridine rings is 1. The summed E-state index contributed by atoms with van der Waals surface area (Å²) in [5, 5.41) is 9.91. The van der Waals surface area contributed by atoms with Crippen molar-refractivity contribution in [3.8, 4) is 17.6 Å². The van der Waals surface area contributed by atoms with Crippen molar-refractivity contribution in [2.24, 2.45) is 5.73 Å². The zero-order chi connectivity index (χ0) is 23.4. The van der Waals surface area contributed by atoms with Gasteiger partial charge in [-0.1, -0.05) is 18.2 Å². The van der Waals surface area contributed by atoms with Crippen molar-refractivity contribution in [1.82, 2.24) is 9.47 Å². The van der Waals surface area contributed by atoms with Gasteiger partial charge in [-0.05, 0) is 26.3 Å². The number of nitrogens with zero attached hydrogens (tertiary/aromatic N) is 3. The molecule has 1 saturated heterocycles. The Morgan fingerprint density at radius 2 is 2.00 bits per heavy atom. The maximum Gasteiger partial charge on any atom is 0.258 e. The molecule has 4 rings (SSSR count). The van der Waals surface area contributed by atoms with Gasteiger partial charge in [0.1, 0.15) is 23.1 Å². The van der Waals surface area contributed by atoms with E-state index in [1.807, 2.05) is 44.2 Å². The average Bonchev–Trinajstić information content (AvgIpc) is 2.81. The molecule has 33 heavy (non-hydrogen) atoms. The minimum Gasteiger partial charge on any atom is -0.494 e. The number of aromatic nitrogens is 1. The quantitative estimate of drug-likeness (QED) is 0.691. The van der Waals surface area contributed by atoms with Crippen LogP contribution in [0, 0.1) is 18.3 Å². The van der Waals surface area contributed by atoms with Crippen molar-refractivity contribution < 1.29 is 14.2 Å². The van der Waals surface area contributed by atoms with Gasteiger partial charge in [0.05, 0.1) is 31.3 Å². The zero-order valence-electron chi connectivity index (χ0n) is 19.2. The number of ether oxygens (including phenoxy) is 3. The second kappa shape index (κ2) is 10.1. The molecule has 8 heteroatoms. The topological polar surface area (TPSA) is 103 Å². The third-order valence-electron chi connectivity index (χ3n) is 6.18. The van der Waals surface area contributed by atoms with Gasteiger partial charge in [-0.2, -0.15) is 5.26 Å². The number of hydrogen-bond acceptors (Lipinski definition) is 7.